The van der Waals surface area contributed by atoms with Crippen molar-refractivity contribution in [2.75, 3.05) is 19.8 Å². The van der Waals surface area contributed by atoms with Gasteiger partial charge in [-0.05, 0) is 36.8 Å². The highest BCUT2D eigenvalue weighted by Gasteiger charge is 2.31. The first kappa shape index (κ1) is 13.4. The lowest BCUT2D eigenvalue weighted by atomic mass is 9.90. The molecule has 0 radical (unpaired) electrons. The minimum Gasteiger partial charge on any atom is -0.493 e. The van der Waals surface area contributed by atoms with Crippen LogP contribution in [0.4, 0.5) is 0 Å². The molecule has 1 aromatic carbocycles. The van der Waals surface area contributed by atoms with Crippen LogP contribution in [-0.2, 0) is 4.79 Å². The van der Waals surface area contributed by atoms with E-state index in [1.807, 2.05) is 23.1 Å². The molecule has 1 N–H and O–H groups in total. The van der Waals surface area contributed by atoms with Crippen LogP contribution in [0.3, 0.4) is 0 Å². The van der Waals surface area contributed by atoms with Crippen LogP contribution in [0.2, 0.25) is 0 Å². The lowest BCUT2D eigenvalue weighted by Gasteiger charge is -2.29. The number of nitrogens with zero attached hydrogens (tertiary/aromatic N) is 1. The Balaban J connectivity index is 1.71. The van der Waals surface area contributed by atoms with E-state index in [-0.39, 0.29) is 24.5 Å². The summed E-state index contributed by atoms with van der Waals surface area (Å²) in [6.45, 7) is 1.55. The summed E-state index contributed by atoms with van der Waals surface area (Å²) in [7, 11) is 0. The third-order valence-corrected chi connectivity index (χ3v) is 4.41. The summed E-state index contributed by atoms with van der Waals surface area (Å²) >= 11 is 0. The van der Waals surface area contributed by atoms with E-state index in [0.717, 1.165) is 37.1 Å². The molecular formula is C16H21NO3. The van der Waals surface area contributed by atoms with Crippen LogP contribution in [0.5, 0.6) is 5.75 Å². The van der Waals surface area contributed by atoms with Crippen LogP contribution >= 0.6 is 0 Å². The average molecular weight is 275 g/mol. The van der Waals surface area contributed by atoms with E-state index in [9.17, 15) is 9.90 Å². The number of carbonyl (C=O) groups is 1. The molecule has 0 aromatic heterocycles. The predicted octanol–water partition coefficient (Wildman–Crippen LogP) is 1.93. The number of para-hydroxylation sites is 1. The maximum Gasteiger partial charge on any atom is 0.223 e. The molecule has 20 heavy (non-hydrogen) atoms. The Kier molecular flexibility index (Phi) is 3.92. The molecule has 4 heteroatoms. The first-order valence-corrected chi connectivity index (χ1v) is 7.41. The number of amides is 1. The van der Waals surface area contributed by atoms with Gasteiger partial charge in [0.25, 0.3) is 0 Å². The summed E-state index contributed by atoms with van der Waals surface area (Å²) in [5, 5.41) is 9.34. The molecule has 3 rings (SSSR count). The van der Waals surface area contributed by atoms with E-state index in [1.54, 1.807) is 0 Å². The maximum atomic E-state index is 12.5. The third kappa shape index (κ3) is 2.52. The van der Waals surface area contributed by atoms with Gasteiger partial charge in [-0.25, -0.2) is 0 Å². The van der Waals surface area contributed by atoms with Gasteiger partial charge in [0.1, 0.15) is 5.75 Å². The highest BCUT2D eigenvalue weighted by atomic mass is 16.5. The van der Waals surface area contributed by atoms with Crippen LogP contribution in [0, 0.1) is 0 Å². The topological polar surface area (TPSA) is 49.8 Å². The van der Waals surface area contributed by atoms with Crippen molar-refractivity contribution in [1.82, 2.24) is 4.90 Å². The van der Waals surface area contributed by atoms with E-state index in [2.05, 4.69) is 6.07 Å². The van der Waals surface area contributed by atoms with E-state index in [0.29, 0.717) is 13.0 Å². The van der Waals surface area contributed by atoms with Crippen molar-refractivity contribution in [2.45, 2.75) is 37.6 Å². The molecule has 1 fully saturated rings. The highest BCUT2D eigenvalue weighted by Crippen LogP contribution is 2.36. The van der Waals surface area contributed by atoms with Crippen molar-refractivity contribution < 1.29 is 14.6 Å². The number of benzene rings is 1. The predicted molar refractivity (Wildman–Crippen MR) is 75.7 cm³/mol. The zero-order chi connectivity index (χ0) is 13.9. The van der Waals surface area contributed by atoms with Crippen LogP contribution in [0.1, 0.15) is 37.2 Å². The van der Waals surface area contributed by atoms with Gasteiger partial charge in [-0.3, -0.25) is 4.79 Å². The maximum absolute atomic E-state index is 12.5. The van der Waals surface area contributed by atoms with Gasteiger partial charge >= 0.3 is 0 Å². The Morgan fingerprint density at radius 3 is 3.05 bits per heavy atom. The second-order valence-electron chi connectivity index (χ2n) is 5.64. The number of likely N-dealkylation sites (tertiary alicyclic amines) is 1. The summed E-state index contributed by atoms with van der Waals surface area (Å²) in [6, 6.07) is 8.01. The van der Waals surface area contributed by atoms with Crippen LogP contribution < -0.4 is 4.74 Å². The van der Waals surface area contributed by atoms with E-state index >= 15 is 0 Å². The molecule has 0 aliphatic carbocycles. The number of aliphatic hydroxyl groups excluding tert-OH is 1. The lowest BCUT2D eigenvalue weighted by Crippen LogP contribution is -2.38. The summed E-state index contributed by atoms with van der Waals surface area (Å²) in [4.78, 5) is 14.3. The molecule has 1 saturated heterocycles. The van der Waals surface area contributed by atoms with Gasteiger partial charge < -0.3 is 14.7 Å². The third-order valence-electron chi connectivity index (χ3n) is 4.41. The SMILES string of the molecule is O=C(CC1CCOc2ccccc21)N1CCC[C@@H]1CO. The number of fused-ring (bicyclic) bond motifs is 1. The zero-order valence-electron chi connectivity index (χ0n) is 11.6. The van der Waals surface area contributed by atoms with Crippen LogP contribution in [0.15, 0.2) is 24.3 Å². The first-order valence-electron chi connectivity index (χ1n) is 7.41. The van der Waals surface area contributed by atoms with Crippen LogP contribution in [-0.4, -0.2) is 41.7 Å². The Bertz CT molecular complexity index is 488. The monoisotopic (exact) mass is 275 g/mol. The average Bonchev–Trinajstić information content (AvgIpc) is 2.96. The Hall–Kier alpha value is -1.55. The van der Waals surface area contributed by atoms with Gasteiger partial charge in [0.2, 0.25) is 5.91 Å². The smallest absolute Gasteiger partial charge is 0.223 e. The number of rotatable bonds is 3. The molecule has 2 heterocycles. The molecule has 0 saturated carbocycles. The Morgan fingerprint density at radius 2 is 2.20 bits per heavy atom. The number of hydrogen-bond acceptors (Lipinski definition) is 3. The second-order valence-corrected chi connectivity index (χ2v) is 5.64. The summed E-state index contributed by atoms with van der Waals surface area (Å²) in [5.74, 6) is 1.33. The fraction of sp³-hybridized carbons (Fsp3) is 0.562. The number of carbonyl (C=O) groups excluding carboxylic acids is 1. The zero-order valence-corrected chi connectivity index (χ0v) is 11.6. The molecular weight excluding hydrogens is 254 g/mol. The molecule has 0 bridgehead atoms. The molecule has 108 valence electrons. The van der Waals surface area contributed by atoms with E-state index in [4.69, 9.17) is 4.74 Å². The summed E-state index contributed by atoms with van der Waals surface area (Å²) in [5.41, 5.74) is 1.15. The second kappa shape index (κ2) is 5.83. The molecule has 4 nitrogen and oxygen atoms in total. The standard InChI is InChI=1S/C16H21NO3/c18-11-13-4-3-8-17(13)16(19)10-12-7-9-20-15-6-2-1-5-14(12)15/h1-2,5-6,12-13,18H,3-4,7-11H2/t12?,13-/m1/s1. The largest absolute Gasteiger partial charge is 0.493 e. The highest BCUT2D eigenvalue weighted by molar-refractivity contribution is 5.78. The van der Waals surface area contributed by atoms with Crippen molar-refractivity contribution >= 4 is 5.91 Å². The van der Waals surface area contributed by atoms with E-state index in [1.165, 1.54) is 0 Å². The summed E-state index contributed by atoms with van der Waals surface area (Å²) < 4.78 is 5.64. The van der Waals surface area contributed by atoms with Gasteiger partial charge in [0, 0.05) is 13.0 Å². The van der Waals surface area contributed by atoms with Gasteiger partial charge in [0.05, 0.1) is 19.3 Å². The molecule has 2 atom stereocenters. The van der Waals surface area contributed by atoms with Gasteiger partial charge in [-0.1, -0.05) is 18.2 Å². The fourth-order valence-electron chi connectivity index (χ4n) is 3.31. The molecule has 2 aliphatic rings. The van der Waals surface area contributed by atoms with E-state index < -0.39 is 0 Å². The van der Waals surface area contributed by atoms with Crippen molar-refractivity contribution in [3.63, 3.8) is 0 Å². The van der Waals surface area contributed by atoms with Gasteiger partial charge in [0.15, 0.2) is 0 Å². The van der Waals surface area contributed by atoms with Crippen molar-refractivity contribution in [1.29, 1.82) is 0 Å². The minimum atomic E-state index is 0.0255. The van der Waals surface area contributed by atoms with Crippen LogP contribution in [0.25, 0.3) is 0 Å². The molecule has 0 spiro atoms. The minimum absolute atomic E-state index is 0.0255. The molecule has 1 aromatic rings. The number of hydrogen-bond donors (Lipinski definition) is 1. The molecule has 2 aliphatic heterocycles. The Labute approximate surface area is 119 Å². The number of aliphatic hydroxyl groups is 1. The molecule has 1 amide bonds. The normalized spacial score (nSPS) is 25.1. The van der Waals surface area contributed by atoms with Crippen molar-refractivity contribution in [3.05, 3.63) is 29.8 Å². The number of ether oxygens (including phenoxy) is 1. The summed E-state index contributed by atoms with van der Waals surface area (Å²) in [6.07, 6.45) is 3.34. The van der Waals surface area contributed by atoms with Gasteiger partial charge in [-0.15, -0.1) is 0 Å². The van der Waals surface area contributed by atoms with Crippen molar-refractivity contribution in [2.24, 2.45) is 0 Å². The quantitative estimate of drug-likeness (QED) is 0.917. The molecule has 1 unspecified atom stereocenters. The van der Waals surface area contributed by atoms with Gasteiger partial charge in [-0.2, -0.15) is 0 Å². The Morgan fingerprint density at radius 1 is 1.35 bits per heavy atom. The fourth-order valence-corrected chi connectivity index (χ4v) is 3.31. The first-order chi connectivity index (χ1) is 9.79. The van der Waals surface area contributed by atoms with Crippen molar-refractivity contribution in [3.8, 4) is 5.75 Å². The lowest BCUT2D eigenvalue weighted by molar-refractivity contribution is -0.133.